The predicted molar refractivity (Wildman–Crippen MR) is 134 cm³/mol. The minimum Gasteiger partial charge on any atom is -0.486 e. The molecule has 1 saturated heterocycles. The van der Waals surface area contributed by atoms with E-state index in [1.807, 2.05) is 65.2 Å². The Kier molecular flexibility index (Phi) is 6.65. The van der Waals surface area contributed by atoms with E-state index in [0.717, 1.165) is 48.7 Å². The quantitative estimate of drug-likeness (QED) is 0.417. The largest absolute Gasteiger partial charge is 0.486 e. The van der Waals surface area contributed by atoms with Crippen molar-refractivity contribution in [2.75, 3.05) is 36.5 Å². The van der Waals surface area contributed by atoms with Gasteiger partial charge in [-0.05, 0) is 60.7 Å². The van der Waals surface area contributed by atoms with E-state index in [-0.39, 0.29) is 19.1 Å². The van der Waals surface area contributed by atoms with Crippen LogP contribution >= 0.6 is 11.6 Å². The molecule has 0 saturated carbocycles. The van der Waals surface area contributed by atoms with Crippen molar-refractivity contribution in [3.05, 3.63) is 83.6 Å². The zero-order valence-corrected chi connectivity index (χ0v) is 19.4. The lowest BCUT2D eigenvalue weighted by Gasteiger charge is -2.28. The average Bonchev–Trinajstić information content (AvgIpc) is 3.22. The number of aromatic nitrogens is 2. The summed E-state index contributed by atoms with van der Waals surface area (Å²) in [5, 5.41) is 3.64. The lowest BCUT2D eigenvalue weighted by Crippen LogP contribution is -2.36. The van der Waals surface area contributed by atoms with Crippen molar-refractivity contribution in [3.8, 4) is 5.75 Å². The Balaban J connectivity index is 1.29. The van der Waals surface area contributed by atoms with Crippen LogP contribution in [-0.4, -0.2) is 41.8 Å². The van der Waals surface area contributed by atoms with Gasteiger partial charge in [-0.25, -0.2) is 4.98 Å². The van der Waals surface area contributed by atoms with E-state index in [9.17, 15) is 4.79 Å². The molecule has 1 amide bonds. The molecule has 0 radical (unpaired) electrons. The molecule has 1 fully saturated rings. The molecule has 34 heavy (non-hydrogen) atoms. The third kappa shape index (κ3) is 5.16. The Labute approximate surface area is 202 Å². The smallest absolute Gasteiger partial charge is 0.244 e. The van der Waals surface area contributed by atoms with Gasteiger partial charge in [0.05, 0.1) is 24.2 Å². The van der Waals surface area contributed by atoms with E-state index in [1.54, 1.807) is 12.1 Å². The highest BCUT2D eigenvalue weighted by molar-refractivity contribution is 6.30. The lowest BCUT2D eigenvalue weighted by molar-refractivity contribution is -0.116. The fraction of sp³-hybridized carbons (Fsp3) is 0.231. The topological polar surface area (TPSA) is 68.6 Å². The van der Waals surface area contributed by atoms with E-state index in [1.165, 1.54) is 0 Å². The molecule has 0 atom stereocenters. The number of fused-ring (bicyclic) bond motifs is 1. The number of benzene rings is 3. The molecule has 8 heteroatoms. The van der Waals surface area contributed by atoms with Gasteiger partial charge >= 0.3 is 0 Å². The third-order valence-electron chi connectivity index (χ3n) is 5.74. The van der Waals surface area contributed by atoms with Crippen molar-refractivity contribution in [2.45, 2.75) is 13.2 Å². The minimum atomic E-state index is -0.130. The molecular formula is C26H25ClN4O3. The van der Waals surface area contributed by atoms with E-state index >= 15 is 0 Å². The number of nitrogens with zero attached hydrogens (tertiary/aromatic N) is 3. The summed E-state index contributed by atoms with van der Waals surface area (Å²) >= 11 is 5.96. The van der Waals surface area contributed by atoms with Gasteiger partial charge in [-0.15, -0.1) is 0 Å². The number of carbonyl (C=O) groups is 1. The number of rotatable bonds is 7. The summed E-state index contributed by atoms with van der Waals surface area (Å²) in [4.78, 5) is 19.9. The molecule has 1 aliphatic heterocycles. The van der Waals surface area contributed by atoms with Crippen LogP contribution in [0.15, 0.2) is 72.8 Å². The van der Waals surface area contributed by atoms with Gasteiger partial charge in [0.25, 0.3) is 0 Å². The Morgan fingerprint density at radius 3 is 2.50 bits per heavy atom. The molecule has 0 aliphatic carbocycles. The number of ether oxygens (including phenoxy) is 2. The summed E-state index contributed by atoms with van der Waals surface area (Å²) in [6, 6.07) is 22.8. The standard InChI is InChI=1S/C26H25ClN4O3/c27-19-5-11-22(12-6-19)34-18-25-29-23-3-1-2-4-24(23)31(25)17-26(32)28-20-7-9-21(10-8-20)30-13-15-33-16-14-30/h1-12H,13-18H2,(H,28,32). The van der Waals surface area contributed by atoms with Crippen LogP contribution in [0.2, 0.25) is 5.02 Å². The van der Waals surface area contributed by atoms with Crippen LogP contribution in [-0.2, 0) is 22.7 Å². The van der Waals surface area contributed by atoms with Crippen molar-refractivity contribution in [3.63, 3.8) is 0 Å². The molecule has 3 aromatic carbocycles. The second-order valence-electron chi connectivity index (χ2n) is 8.04. The predicted octanol–water partition coefficient (Wildman–Crippen LogP) is 4.74. The van der Waals surface area contributed by atoms with Gasteiger partial charge in [0, 0.05) is 29.5 Å². The van der Waals surface area contributed by atoms with Crippen LogP contribution in [0.1, 0.15) is 5.82 Å². The molecule has 7 nitrogen and oxygen atoms in total. The lowest BCUT2D eigenvalue weighted by atomic mass is 10.2. The number of amides is 1. The summed E-state index contributed by atoms with van der Waals surface area (Å²) in [5.74, 6) is 1.23. The first-order chi connectivity index (χ1) is 16.7. The van der Waals surface area contributed by atoms with E-state index < -0.39 is 0 Å². The number of morpholine rings is 1. The van der Waals surface area contributed by atoms with Crippen molar-refractivity contribution < 1.29 is 14.3 Å². The maximum absolute atomic E-state index is 12.9. The molecular weight excluding hydrogens is 452 g/mol. The van der Waals surface area contributed by atoms with Gasteiger partial charge in [0.1, 0.15) is 24.7 Å². The Morgan fingerprint density at radius 2 is 1.74 bits per heavy atom. The number of para-hydroxylation sites is 2. The van der Waals surface area contributed by atoms with Crippen LogP contribution < -0.4 is 15.0 Å². The highest BCUT2D eigenvalue weighted by Gasteiger charge is 2.15. The Hall–Kier alpha value is -3.55. The average molecular weight is 477 g/mol. The summed E-state index contributed by atoms with van der Waals surface area (Å²) in [7, 11) is 0. The number of halogens is 1. The van der Waals surface area contributed by atoms with Crippen molar-refractivity contribution in [1.29, 1.82) is 0 Å². The first-order valence-electron chi connectivity index (χ1n) is 11.2. The summed E-state index contributed by atoms with van der Waals surface area (Å²) in [6.45, 7) is 3.59. The first kappa shape index (κ1) is 22.3. The number of hydrogen-bond acceptors (Lipinski definition) is 5. The molecule has 5 rings (SSSR count). The Morgan fingerprint density at radius 1 is 1.00 bits per heavy atom. The molecule has 4 aromatic rings. The highest BCUT2D eigenvalue weighted by Crippen LogP contribution is 2.22. The van der Waals surface area contributed by atoms with Crippen molar-refractivity contribution in [1.82, 2.24) is 9.55 Å². The summed E-state index contributed by atoms with van der Waals surface area (Å²) < 4.78 is 13.2. The fourth-order valence-electron chi connectivity index (χ4n) is 4.01. The van der Waals surface area contributed by atoms with Crippen molar-refractivity contribution in [2.24, 2.45) is 0 Å². The van der Waals surface area contributed by atoms with Crippen LogP contribution in [0.4, 0.5) is 11.4 Å². The zero-order chi connectivity index (χ0) is 23.3. The molecule has 0 unspecified atom stereocenters. The fourth-order valence-corrected chi connectivity index (χ4v) is 4.14. The van der Waals surface area contributed by atoms with E-state index in [0.29, 0.717) is 16.6 Å². The number of nitrogens with one attached hydrogen (secondary N) is 1. The molecule has 1 aromatic heterocycles. The van der Waals surface area contributed by atoms with Gasteiger partial charge in [0.15, 0.2) is 0 Å². The van der Waals surface area contributed by atoms with E-state index in [2.05, 4.69) is 15.2 Å². The monoisotopic (exact) mass is 476 g/mol. The number of carbonyl (C=O) groups excluding carboxylic acids is 1. The van der Waals surface area contributed by atoms with E-state index in [4.69, 9.17) is 21.1 Å². The van der Waals surface area contributed by atoms with Crippen LogP contribution in [0.3, 0.4) is 0 Å². The van der Waals surface area contributed by atoms with Crippen LogP contribution in [0, 0.1) is 0 Å². The normalized spacial score (nSPS) is 13.7. The van der Waals surface area contributed by atoms with Crippen molar-refractivity contribution >= 4 is 39.9 Å². The second kappa shape index (κ2) is 10.2. The number of hydrogen-bond donors (Lipinski definition) is 1. The van der Waals surface area contributed by atoms with Gasteiger partial charge < -0.3 is 24.3 Å². The first-order valence-corrected chi connectivity index (χ1v) is 11.6. The maximum Gasteiger partial charge on any atom is 0.244 e. The molecule has 0 spiro atoms. The molecule has 174 valence electrons. The second-order valence-corrected chi connectivity index (χ2v) is 8.48. The van der Waals surface area contributed by atoms with Gasteiger partial charge in [-0.1, -0.05) is 23.7 Å². The number of anilines is 2. The number of imidazole rings is 1. The van der Waals surface area contributed by atoms with Crippen LogP contribution in [0.25, 0.3) is 11.0 Å². The zero-order valence-electron chi connectivity index (χ0n) is 18.6. The van der Waals surface area contributed by atoms with Gasteiger partial charge in [-0.3, -0.25) is 4.79 Å². The summed E-state index contributed by atoms with van der Waals surface area (Å²) in [6.07, 6.45) is 0. The van der Waals surface area contributed by atoms with Crippen LogP contribution in [0.5, 0.6) is 5.75 Å². The third-order valence-corrected chi connectivity index (χ3v) is 6.00. The van der Waals surface area contributed by atoms with Gasteiger partial charge in [0.2, 0.25) is 5.91 Å². The molecule has 1 N–H and O–H groups in total. The molecule has 2 heterocycles. The molecule has 1 aliphatic rings. The molecule has 0 bridgehead atoms. The highest BCUT2D eigenvalue weighted by atomic mass is 35.5. The maximum atomic E-state index is 12.9. The SMILES string of the molecule is O=C(Cn1c(COc2ccc(Cl)cc2)nc2ccccc21)Nc1ccc(N2CCOCC2)cc1. The minimum absolute atomic E-state index is 0.130. The Bertz CT molecular complexity index is 1270. The van der Waals surface area contributed by atoms with Gasteiger partial charge in [-0.2, -0.15) is 0 Å². The summed E-state index contributed by atoms with van der Waals surface area (Å²) in [5.41, 5.74) is 3.59.